The molecule has 0 aromatic carbocycles. The van der Waals surface area contributed by atoms with Crippen molar-refractivity contribution in [2.75, 3.05) is 0 Å². The van der Waals surface area contributed by atoms with Gasteiger partial charge < -0.3 is 5.32 Å². The molecule has 11 heavy (non-hydrogen) atoms. The van der Waals surface area contributed by atoms with E-state index in [0.717, 1.165) is 5.70 Å². The highest BCUT2D eigenvalue weighted by Crippen LogP contribution is 2.15. The standard InChI is InChI=1S/C10H17N/c1-6-10(8(3)4)9(5)11-7-2/h6-8,11H,2,5H2,1,3-4H3/b10-6-. The summed E-state index contributed by atoms with van der Waals surface area (Å²) >= 11 is 0. The normalized spacial score (nSPS) is 11.5. The molecule has 0 aliphatic carbocycles. The van der Waals surface area contributed by atoms with Crippen LogP contribution in [0.2, 0.25) is 0 Å². The van der Waals surface area contributed by atoms with Crippen molar-refractivity contribution < 1.29 is 0 Å². The van der Waals surface area contributed by atoms with Crippen molar-refractivity contribution >= 4 is 0 Å². The van der Waals surface area contributed by atoms with Crippen LogP contribution >= 0.6 is 0 Å². The zero-order chi connectivity index (χ0) is 8.85. The molecule has 0 amide bonds. The Morgan fingerprint density at radius 1 is 1.45 bits per heavy atom. The molecule has 0 saturated carbocycles. The Kier molecular flexibility index (Phi) is 4.35. The maximum Gasteiger partial charge on any atom is 0.0338 e. The van der Waals surface area contributed by atoms with Crippen LogP contribution in [0.15, 0.2) is 36.7 Å². The molecule has 0 bridgehead atoms. The first-order valence-corrected chi connectivity index (χ1v) is 3.86. The van der Waals surface area contributed by atoms with Gasteiger partial charge in [0.05, 0.1) is 0 Å². The van der Waals surface area contributed by atoms with Crippen LogP contribution < -0.4 is 5.32 Å². The lowest BCUT2D eigenvalue weighted by Crippen LogP contribution is -2.09. The first-order chi connectivity index (χ1) is 5.13. The Hall–Kier alpha value is -0.980. The van der Waals surface area contributed by atoms with Gasteiger partial charge in [0.1, 0.15) is 0 Å². The summed E-state index contributed by atoms with van der Waals surface area (Å²) in [7, 11) is 0. The van der Waals surface area contributed by atoms with Crippen molar-refractivity contribution in [2.45, 2.75) is 20.8 Å². The Bertz CT molecular complexity index is 175. The molecule has 62 valence electrons. The fourth-order valence-corrected chi connectivity index (χ4v) is 1.06. The molecule has 1 heteroatoms. The highest BCUT2D eigenvalue weighted by Gasteiger charge is 2.03. The van der Waals surface area contributed by atoms with Crippen LogP contribution in [-0.4, -0.2) is 0 Å². The minimum Gasteiger partial charge on any atom is -0.363 e. The van der Waals surface area contributed by atoms with E-state index in [0.29, 0.717) is 5.92 Å². The predicted molar refractivity (Wildman–Crippen MR) is 51.1 cm³/mol. The van der Waals surface area contributed by atoms with E-state index in [1.807, 2.05) is 6.92 Å². The summed E-state index contributed by atoms with van der Waals surface area (Å²) in [4.78, 5) is 0. The lowest BCUT2D eigenvalue weighted by Gasteiger charge is -2.13. The minimum absolute atomic E-state index is 0.514. The summed E-state index contributed by atoms with van der Waals surface area (Å²) in [6.07, 6.45) is 3.72. The molecule has 0 unspecified atom stereocenters. The van der Waals surface area contributed by atoms with Crippen molar-refractivity contribution in [2.24, 2.45) is 5.92 Å². The van der Waals surface area contributed by atoms with Crippen LogP contribution in [0.1, 0.15) is 20.8 Å². The molecule has 0 aromatic rings. The van der Waals surface area contributed by atoms with E-state index in [9.17, 15) is 0 Å². The van der Waals surface area contributed by atoms with Crippen molar-refractivity contribution in [3.63, 3.8) is 0 Å². The third-order valence-electron chi connectivity index (χ3n) is 1.56. The number of allylic oxidation sites excluding steroid dienone is 2. The molecule has 1 nitrogen and oxygen atoms in total. The molecule has 1 N–H and O–H groups in total. The van der Waals surface area contributed by atoms with Crippen molar-refractivity contribution in [1.29, 1.82) is 0 Å². The molecular weight excluding hydrogens is 134 g/mol. The summed E-state index contributed by atoms with van der Waals surface area (Å²) in [5.74, 6) is 0.514. The third kappa shape index (κ3) is 3.08. The lowest BCUT2D eigenvalue weighted by atomic mass is 10.0. The number of rotatable bonds is 4. The van der Waals surface area contributed by atoms with E-state index in [1.165, 1.54) is 5.57 Å². The topological polar surface area (TPSA) is 12.0 Å². The molecule has 0 radical (unpaired) electrons. The first-order valence-electron chi connectivity index (χ1n) is 3.86. The van der Waals surface area contributed by atoms with Gasteiger partial charge in [-0.25, -0.2) is 0 Å². The van der Waals surface area contributed by atoms with Gasteiger partial charge >= 0.3 is 0 Å². The van der Waals surface area contributed by atoms with E-state index in [-0.39, 0.29) is 0 Å². The molecule has 0 aromatic heterocycles. The number of nitrogens with one attached hydrogen (secondary N) is 1. The highest BCUT2D eigenvalue weighted by molar-refractivity contribution is 5.28. The molecule has 0 heterocycles. The van der Waals surface area contributed by atoms with Gasteiger partial charge in [-0.15, -0.1) is 0 Å². The van der Waals surface area contributed by atoms with Crippen LogP contribution in [0.3, 0.4) is 0 Å². The molecule has 0 aliphatic rings. The smallest absolute Gasteiger partial charge is 0.0338 e. The molecule has 0 atom stereocenters. The fourth-order valence-electron chi connectivity index (χ4n) is 1.06. The molecule has 0 rings (SSSR count). The molecule has 0 spiro atoms. The molecular formula is C10H17N. The summed E-state index contributed by atoms with van der Waals surface area (Å²) in [6, 6.07) is 0. The van der Waals surface area contributed by atoms with Gasteiger partial charge in [0.15, 0.2) is 0 Å². The van der Waals surface area contributed by atoms with Gasteiger partial charge in [-0.05, 0) is 24.6 Å². The average Bonchev–Trinajstić information content (AvgIpc) is 1.88. The molecule has 0 fully saturated rings. The van der Waals surface area contributed by atoms with Crippen molar-refractivity contribution in [1.82, 2.24) is 5.32 Å². The zero-order valence-corrected chi connectivity index (χ0v) is 7.65. The second-order valence-electron chi connectivity index (χ2n) is 2.73. The van der Waals surface area contributed by atoms with Gasteiger partial charge in [-0.3, -0.25) is 0 Å². The maximum absolute atomic E-state index is 3.89. The third-order valence-corrected chi connectivity index (χ3v) is 1.56. The number of hydrogen-bond acceptors (Lipinski definition) is 1. The van der Waals surface area contributed by atoms with Crippen molar-refractivity contribution in [3.8, 4) is 0 Å². The van der Waals surface area contributed by atoms with Crippen LogP contribution in [0.5, 0.6) is 0 Å². The largest absolute Gasteiger partial charge is 0.363 e. The monoisotopic (exact) mass is 151 g/mol. The van der Waals surface area contributed by atoms with Crippen LogP contribution in [0.4, 0.5) is 0 Å². The summed E-state index contributed by atoms with van der Waals surface area (Å²) in [6.45, 7) is 13.8. The first kappa shape index (κ1) is 10.0. The van der Waals surface area contributed by atoms with E-state index in [4.69, 9.17) is 0 Å². The SMILES string of the molecule is C=CNC(=C)/C(=C\C)C(C)C. The second kappa shape index (κ2) is 4.78. The fraction of sp³-hybridized carbons (Fsp3) is 0.400. The predicted octanol–water partition coefficient (Wildman–Crippen LogP) is 2.84. The summed E-state index contributed by atoms with van der Waals surface area (Å²) in [5, 5.41) is 2.98. The van der Waals surface area contributed by atoms with E-state index >= 15 is 0 Å². The Morgan fingerprint density at radius 2 is 2.00 bits per heavy atom. The lowest BCUT2D eigenvalue weighted by molar-refractivity contribution is 0.760. The minimum atomic E-state index is 0.514. The van der Waals surface area contributed by atoms with Gasteiger partial charge in [0.25, 0.3) is 0 Å². The summed E-state index contributed by atoms with van der Waals surface area (Å²) < 4.78 is 0. The van der Waals surface area contributed by atoms with Crippen LogP contribution in [0, 0.1) is 5.92 Å². The maximum atomic E-state index is 3.89. The van der Waals surface area contributed by atoms with Gasteiger partial charge in [0.2, 0.25) is 0 Å². The zero-order valence-electron chi connectivity index (χ0n) is 7.65. The Balaban J connectivity index is 4.28. The Labute approximate surface area is 69.5 Å². The average molecular weight is 151 g/mol. The second-order valence-corrected chi connectivity index (χ2v) is 2.73. The van der Waals surface area contributed by atoms with Gasteiger partial charge in [0, 0.05) is 5.70 Å². The highest BCUT2D eigenvalue weighted by atomic mass is 14.8. The van der Waals surface area contributed by atoms with E-state index < -0.39 is 0 Å². The van der Waals surface area contributed by atoms with Gasteiger partial charge in [-0.1, -0.05) is 33.1 Å². The quantitative estimate of drug-likeness (QED) is 0.609. The van der Waals surface area contributed by atoms with Gasteiger partial charge in [-0.2, -0.15) is 0 Å². The van der Waals surface area contributed by atoms with E-state index in [2.05, 4.69) is 38.4 Å². The number of hydrogen-bond donors (Lipinski definition) is 1. The Morgan fingerprint density at radius 3 is 2.27 bits per heavy atom. The molecule has 0 saturated heterocycles. The van der Waals surface area contributed by atoms with Crippen molar-refractivity contribution in [3.05, 3.63) is 36.7 Å². The molecule has 0 aliphatic heterocycles. The van der Waals surface area contributed by atoms with Crippen LogP contribution in [-0.2, 0) is 0 Å². The summed E-state index contributed by atoms with van der Waals surface area (Å²) in [5.41, 5.74) is 2.18. The van der Waals surface area contributed by atoms with E-state index in [1.54, 1.807) is 6.20 Å². The van der Waals surface area contributed by atoms with Crippen LogP contribution in [0.25, 0.3) is 0 Å².